The Hall–Kier alpha value is -0.980. The van der Waals surface area contributed by atoms with Gasteiger partial charge >= 0.3 is 0 Å². The molecular weight excluding hydrogens is 160 g/mol. The average Bonchev–Trinajstić information content (AvgIpc) is 2.13. The molecule has 0 aliphatic rings. The van der Waals surface area contributed by atoms with Crippen molar-refractivity contribution in [3.05, 3.63) is 28.3 Å². The average molecular weight is 178 g/mol. The van der Waals surface area contributed by atoms with E-state index in [4.69, 9.17) is 0 Å². The SMILES string of the molecule is CCc1cc(C)c(C)c(O)c1CC. The van der Waals surface area contributed by atoms with Gasteiger partial charge in [-0.2, -0.15) is 0 Å². The number of benzene rings is 1. The molecule has 0 saturated heterocycles. The van der Waals surface area contributed by atoms with Crippen LogP contribution in [0.15, 0.2) is 6.07 Å². The smallest absolute Gasteiger partial charge is 0.122 e. The highest BCUT2D eigenvalue weighted by Crippen LogP contribution is 2.29. The first-order chi connectivity index (χ1) is 6.11. The molecule has 0 spiro atoms. The first kappa shape index (κ1) is 10.1. The maximum absolute atomic E-state index is 9.89. The maximum Gasteiger partial charge on any atom is 0.122 e. The highest BCUT2D eigenvalue weighted by atomic mass is 16.3. The molecule has 0 aliphatic carbocycles. The Bertz CT molecular complexity index is 313. The van der Waals surface area contributed by atoms with Crippen molar-refractivity contribution >= 4 is 0 Å². The summed E-state index contributed by atoms with van der Waals surface area (Å²) in [5.41, 5.74) is 4.61. The second-order valence-electron chi connectivity index (χ2n) is 3.51. The van der Waals surface area contributed by atoms with Gasteiger partial charge in [-0.1, -0.05) is 19.9 Å². The van der Waals surface area contributed by atoms with Crippen molar-refractivity contribution in [1.29, 1.82) is 0 Å². The Balaban J connectivity index is 3.39. The lowest BCUT2D eigenvalue weighted by Gasteiger charge is -2.13. The Labute approximate surface area is 80.4 Å². The number of phenols is 1. The summed E-state index contributed by atoms with van der Waals surface area (Å²) in [4.78, 5) is 0. The van der Waals surface area contributed by atoms with Gasteiger partial charge in [-0.15, -0.1) is 0 Å². The van der Waals surface area contributed by atoms with E-state index in [0.717, 1.165) is 24.0 Å². The summed E-state index contributed by atoms with van der Waals surface area (Å²) in [6, 6.07) is 2.19. The first-order valence-electron chi connectivity index (χ1n) is 4.92. The molecule has 0 bridgehead atoms. The summed E-state index contributed by atoms with van der Waals surface area (Å²) in [7, 11) is 0. The van der Waals surface area contributed by atoms with E-state index < -0.39 is 0 Å². The van der Waals surface area contributed by atoms with E-state index in [1.165, 1.54) is 11.1 Å². The highest BCUT2D eigenvalue weighted by molar-refractivity contribution is 5.49. The van der Waals surface area contributed by atoms with Gasteiger partial charge in [-0.25, -0.2) is 0 Å². The van der Waals surface area contributed by atoms with Crippen LogP contribution < -0.4 is 0 Å². The molecule has 1 nitrogen and oxygen atoms in total. The largest absolute Gasteiger partial charge is 0.507 e. The molecular formula is C12H18O. The van der Waals surface area contributed by atoms with E-state index in [0.29, 0.717) is 5.75 Å². The molecule has 13 heavy (non-hydrogen) atoms. The highest BCUT2D eigenvalue weighted by Gasteiger charge is 2.09. The maximum atomic E-state index is 9.89. The van der Waals surface area contributed by atoms with Crippen molar-refractivity contribution in [2.45, 2.75) is 40.5 Å². The molecule has 0 atom stereocenters. The predicted octanol–water partition coefficient (Wildman–Crippen LogP) is 3.13. The number of hydrogen-bond acceptors (Lipinski definition) is 1. The topological polar surface area (TPSA) is 20.2 Å². The van der Waals surface area contributed by atoms with Gasteiger partial charge in [0.1, 0.15) is 5.75 Å². The van der Waals surface area contributed by atoms with E-state index in [2.05, 4.69) is 19.9 Å². The van der Waals surface area contributed by atoms with Crippen LogP contribution in [0.3, 0.4) is 0 Å². The first-order valence-corrected chi connectivity index (χ1v) is 4.92. The molecule has 0 aliphatic heterocycles. The van der Waals surface area contributed by atoms with Crippen molar-refractivity contribution in [2.75, 3.05) is 0 Å². The molecule has 1 heteroatoms. The minimum Gasteiger partial charge on any atom is -0.507 e. The normalized spacial score (nSPS) is 10.5. The van der Waals surface area contributed by atoms with E-state index in [1.54, 1.807) is 0 Å². The van der Waals surface area contributed by atoms with Crippen LogP contribution in [-0.4, -0.2) is 5.11 Å². The quantitative estimate of drug-likeness (QED) is 0.737. The minimum atomic E-state index is 0.499. The molecule has 1 N–H and O–H groups in total. The van der Waals surface area contributed by atoms with Crippen molar-refractivity contribution in [3.8, 4) is 5.75 Å². The summed E-state index contributed by atoms with van der Waals surface area (Å²) in [6.07, 6.45) is 1.91. The zero-order valence-electron chi connectivity index (χ0n) is 8.94. The van der Waals surface area contributed by atoms with Crippen LogP contribution in [-0.2, 0) is 12.8 Å². The zero-order chi connectivity index (χ0) is 10.0. The van der Waals surface area contributed by atoms with Crippen LogP contribution in [0.5, 0.6) is 5.75 Å². The lowest BCUT2D eigenvalue weighted by molar-refractivity contribution is 0.463. The van der Waals surface area contributed by atoms with Gasteiger partial charge in [-0.3, -0.25) is 0 Å². The Kier molecular flexibility index (Phi) is 2.97. The van der Waals surface area contributed by atoms with Crippen LogP contribution in [0.25, 0.3) is 0 Å². The third-order valence-electron chi connectivity index (χ3n) is 2.75. The molecule has 1 aromatic carbocycles. The summed E-state index contributed by atoms with van der Waals surface area (Å²) in [5, 5.41) is 9.89. The summed E-state index contributed by atoms with van der Waals surface area (Å²) < 4.78 is 0. The van der Waals surface area contributed by atoms with Crippen molar-refractivity contribution in [3.63, 3.8) is 0 Å². The molecule has 1 rings (SSSR count). The standard InChI is InChI=1S/C12H18O/c1-5-10-7-8(3)9(4)12(13)11(10)6-2/h7,13H,5-6H2,1-4H3. The van der Waals surface area contributed by atoms with Gasteiger partial charge in [0.05, 0.1) is 0 Å². The van der Waals surface area contributed by atoms with Gasteiger partial charge in [0.2, 0.25) is 0 Å². The fraction of sp³-hybridized carbons (Fsp3) is 0.500. The van der Waals surface area contributed by atoms with Crippen LogP contribution in [0, 0.1) is 13.8 Å². The second-order valence-corrected chi connectivity index (χ2v) is 3.51. The lowest BCUT2D eigenvalue weighted by atomic mass is 9.95. The monoisotopic (exact) mass is 178 g/mol. The third kappa shape index (κ3) is 1.69. The number of phenolic OH excluding ortho intramolecular Hbond substituents is 1. The Morgan fingerprint density at radius 1 is 1.15 bits per heavy atom. The van der Waals surface area contributed by atoms with Crippen LogP contribution in [0.4, 0.5) is 0 Å². The molecule has 0 fully saturated rings. The van der Waals surface area contributed by atoms with Gasteiger partial charge in [0.15, 0.2) is 0 Å². The minimum absolute atomic E-state index is 0.499. The van der Waals surface area contributed by atoms with Gasteiger partial charge in [0.25, 0.3) is 0 Å². The predicted molar refractivity (Wildman–Crippen MR) is 56.3 cm³/mol. The molecule has 1 aromatic rings. The number of aryl methyl sites for hydroxylation is 2. The van der Waals surface area contributed by atoms with Crippen molar-refractivity contribution in [1.82, 2.24) is 0 Å². The number of hydrogen-bond donors (Lipinski definition) is 1. The molecule has 0 aromatic heterocycles. The molecule has 0 saturated carbocycles. The van der Waals surface area contributed by atoms with E-state index >= 15 is 0 Å². The van der Waals surface area contributed by atoms with Gasteiger partial charge in [0, 0.05) is 0 Å². The summed E-state index contributed by atoms with van der Waals surface area (Å²) in [6.45, 7) is 8.24. The van der Waals surface area contributed by atoms with Crippen LogP contribution in [0.1, 0.15) is 36.1 Å². The Morgan fingerprint density at radius 2 is 1.77 bits per heavy atom. The van der Waals surface area contributed by atoms with E-state index in [9.17, 15) is 5.11 Å². The summed E-state index contributed by atoms with van der Waals surface area (Å²) >= 11 is 0. The van der Waals surface area contributed by atoms with Crippen molar-refractivity contribution < 1.29 is 5.11 Å². The zero-order valence-corrected chi connectivity index (χ0v) is 8.94. The Morgan fingerprint density at radius 3 is 2.23 bits per heavy atom. The van der Waals surface area contributed by atoms with Crippen LogP contribution >= 0.6 is 0 Å². The molecule has 0 unspecified atom stereocenters. The third-order valence-corrected chi connectivity index (χ3v) is 2.75. The van der Waals surface area contributed by atoms with E-state index in [-0.39, 0.29) is 0 Å². The molecule has 0 heterocycles. The molecule has 72 valence electrons. The fourth-order valence-corrected chi connectivity index (χ4v) is 1.73. The number of rotatable bonds is 2. The van der Waals surface area contributed by atoms with E-state index in [1.807, 2.05) is 13.8 Å². The molecule has 0 amide bonds. The second kappa shape index (κ2) is 3.82. The fourth-order valence-electron chi connectivity index (χ4n) is 1.73. The lowest BCUT2D eigenvalue weighted by Crippen LogP contribution is -1.96. The molecule has 0 radical (unpaired) electrons. The number of aromatic hydroxyl groups is 1. The van der Waals surface area contributed by atoms with Gasteiger partial charge < -0.3 is 5.11 Å². The van der Waals surface area contributed by atoms with Crippen molar-refractivity contribution in [2.24, 2.45) is 0 Å². The van der Waals surface area contributed by atoms with Gasteiger partial charge in [-0.05, 0) is 48.9 Å². The summed E-state index contributed by atoms with van der Waals surface area (Å²) in [5.74, 6) is 0.499. The van der Waals surface area contributed by atoms with Crippen LogP contribution in [0.2, 0.25) is 0 Å².